The summed E-state index contributed by atoms with van der Waals surface area (Å²) in [6.45, 7) is 6.63. The number of aliphatic hydroxyl groups excluding tert-OH is 1. The topological polar surface area (TPSA) is 23.5 Å². The first-order valence-electron chi connectivity index (χ1n) is 12.0. The first kappa shape index (κ1) is 27.3. The van der Waals surface area contributed by atoms with Crippen molar-refractivity contribution in [2.24, 2.45) is 0 Å². The van der Waals surface area contributed by atoms with E-state index in [1.54, 1.807) is 6.07 Å². The maximum atomic E-state index is 13.4. The number of rotatable bonds is 10. The predicted molar refractivity (Wildman–Crippen MR) is 127 cm³/mol. The maximum Gasteiger partial charge on any atom is 0.416 e. The molecule has 8 heteroatoms. The molecule has 0 amide bonds. The van der Waals surface area contributed by atoms with Crippen molar-refractivity contribution in [2.75, 3.05) is 19.6 Å². The lowest BCUT2D eigenvalue weighted by Gasteiger charge is -2.24. The predicted octanol–water partition coefficient (Wildman–Crippen LogP) is 8.36. The van der Waals surface area contributed by atoms with Crippen molar-refractivity contribution in [3.63, 3.8) is 0 Å². The fourth-order valence-corrected chi connectivity index (χ4v) is 4.37. The van der Waals surface area contributed by atoms with Crippen LogP contribution in [0.4, 0.5) is 26.3 Å². The van der Waals surface area contributed by atoms with Gasteiger partial charge in [0, 0.05) is 6.54 Å². The fraction of sp³-hybridized carbons (Fsp3) is 0.481. The minimum absolute atomic E-state index is 0.0475. The van der Waals surface area contributed by atoms with E-state index in [0.717, 1.165) is 63.0 Å². The molecule has 0 aliphatic heterocycles. The van der Waals surface area contributed by atoms with Gasteiger partial charge in [-0.15, -0.1) is 0 Å². The third kappa shape index (κ3) is 6.67. The molecule has 0 radical (unpaired) electrons. The zero-order valence-electron chi connectivity index (χ0n) is 19.9. The van der Waals surface area contributed by atoms with Gasteiger partial charge in [0.05, 0.1) is 17.2 Å². The highest BCUT2D eigenvalue weighted by Crippen LogP contribution is 2.40. The lowest BCUT2D eigenvalue weighted by molar-refractivity contribution is -0.138. The Kier molecular flexibility index (Phi) is 8.70. The monoisotopic (exact) mass is 499 g/mol. The number of halogens is 6. The first-order chi connectivity index (χ1) is 16.5. The van der Waals surface area contributed by atoms with Crippen molar-refractivity contribution < 1.29 is 31.4 Å². The van der Waals surface area contributed by atoms with E-state index in [-0.39, 0.29) is 10.8 Å². The van der Waals surface area contributed by atoms with Gasteiger partial charge in [0.1, 0.15) is 0 Å². The summed E-state index contributed by atoms with van der Waals surface area (Å²) in [7, 11) is 0. The highest BCUT2D eigenvalue weighted by molar-refractivity contribution is 6.09. The smallest absolute Gasteiger partial charge is 0.388 e. The Bertz CT molecular complexity index is 1130. The summed E-state index contributed by atoms with van der Waals surface area (Å²) in [5, 5.41) is 11.9. The third-order valence-electron chi connectivity index (χ3n) is 6.37. The molecule has 0 heterocycles. The number of alkyl halides is 6. The van der Waals surface area contributed by atoms with Crippen LogP contribution in [0.1, 0.15) is 68.7 Å². The summed E-state index contributed by atoms with van der Waals surface area (Å²) in [6.07, 6.45) is -5.72. The largest absolute Gasteiger partial charge is 0.416 e. The number of aliphatic hydroxyl groups is 1. The first-order valence-corrected chi connectivity index (χ1v) is 12.0. The fourth-order valence-electron chi connectivity index (χ4n) is 4.37. The van der Waals surface area contributed by atoms with Gasteiger partial charge in [-0.2, -0.15) is 26.3 Å². The van der Waals surface area contributed by atoms with Crippen LogP contribution in [0, 0.1) is 0 Å². The van der Waals surface area contributed by atoms with Gasteiger partial charge >= 0.3 is 12.4 Å². The van der Waals surface area contributed by atoms with Gasteiger partial charge in [-0.25, -0.2) is 0 Å². The van der Waals surface area contributed by atoms with Crippen LogP contribution in [-0.4, -0.2) is 29.6 Å². The summed E-state index contributed by atoms with van der Waals surface area (Å²) < 4.78 is 80.2. The molecular formula is C27H31F6NO. The molecule has 0 spiro atoms. The van der Waals surface area contributed by atoms with Gasteiger partial charge < -0.3 is 10.0 Å². The summed E-state index contributed by atoms with van der Waals surface area (Å²) in [5.41, 5.74) is -1.45. The van der Waals surface area contributed by atoms with Crippen molar-refractivity contribution in [3.8, 4) is 0 Å². The van der Waals surface area contributed by atoms with Crippen molar-refractivity contribution in [1.29, 1.82) is 0 Å². The molecule has 192 valence electrons. The van der Waals surface area contributed by atoms with Gasteiger partial charge in [0.15, 0.2) is 0 Å². The van der Waals surface area contributed by atoms with Crippen molar-refractivity contribution in [2.45, 2.75) is 64.4 Å². The second-order valence-corrected chi connectivity index (χ2v) is 9.01. The zero-order chi connectivity index (χ0) is 25.8. The Morgan fingerprint density at radius 2 is 1.26 bits per heavy atom. The van der Waals surface area contributed by atoms with Crippen LogP contribution in [0.3, 0.4) is 0 Å². The molecule has 0 saturated carbocycles. The van der Waals surface area contributed by atoms with Crippen LogP contribution in [0.15, 0.2) is 42.5 Å². The van der Waals surface area contributed by atoms with Gasteiger partial charge in [-0.3, -0.25) is 0 Å². The lowest BCUT2D eigenvalue weighted by Crippen LogP contribution is -2.28. The molecule has 3 aromatic rings. The molecule has 2 nitrogen and oxygen atoms in total. The maximum absolute atomic E-state index is 13.4. The minimum Gasteiger partial charge on any atom is -0.388 e. The average molecular weight is 500 g/mol. The molecular weight excluding hydrogens is 468 g/mol. The number of unbranched alkanes of at least 4 members (excludes halogenated alkanes) is 2. The van der Waals surface area contributed by atoms with Crippen LogP contribution >= 0.6 is 0 Å². The second kappa shape index (κ2) is 11.2. The van der Waals surface area contributed by atoms with E-state index in [0.29, 0.717) is 29.3 Å². The molecule has 0 aliphatic rings. The Morgan fingerprint density at radius 1 is 0.714 bits per heavy atom. The number of hydrogen-bond acceptors (Lipinski definition) is 2. The SMILES string of the molecule is CCCCN(CCCC)CC[C@H](O)c1cc2ccc(C(F)(F)F)cc2c2cc(C(F)(F)F)ccc12. The molecule has 35 heavy (non-hydrogen) atoms. The molecule has 0 bridgehead atoms. The average Bonchev–Trinajstić information content (AvgIpc) is 2.81. The van der Waals surface area contributed by atoms with Crippen molar-refractivity contribution in [3.05, 3.63) is 59.2 Å². The molecule has 0 fully saturated rings. The minimum atomic E-state index is -4.64. The molecule has 0 aromatic heterocycles. The third-order valence-corrected chi connectivity index (χ3v) is 6.37. The van der Waals surface area contributed by atoms with Gasteiger partial charge in [-0.1, -0.05) is 38.8 Å². The number of benzene rings is 3. The molecule has 3 aromatic carbocycles. The van der Waals surface area contributed by atoms with E-state index >= 15 is 0 Å². The lowest BCUT2D eigenvalue weighted by atomic mass is 9.91. The van der Waals surface area contributed by atoms with E-state index in [1.807, 2.05) is 0 Å². The highest BCUT2D eigenvalue weighted by atomic mass is 19.4. The van der Waals surface area contributed by atoms with E-state index in [9.17, 15) is 31.4 Å². The molecule has 1 N–H and O–H groups in total. The van der Waals surface area contributed by atoms with Crippen LogP contribution in [0.2, 0.25) is 0 Å². The quantitative estimate of drug-likeness (QED) is 0.224. The van der Waals surface area contributed by atoms with Gasteiger partial charge in [-0.05, 0) is 89.8 Å². The van der Waals surface area contributed by atoms with Crippen LogP contribution in [0.25, 0.3) is 21.5 Å². The molecule has 0 unspecified atom stereocenters. The zero-order valence-corrected chi connectivity index (χ0v) is 19.9. The summed E-state index contributed by atoms with van der Waals surface area (Å²) in [4.78, 5) is 2.27. The van der Waals surface area contributed by atoms with E-state index in [2.05, 4.69) is 18.7 Å². The highest BCUT2D eigenvalue weighted by Gasteiger charge is 2.32. The Hall–Kier alpha value is -2.32. The van der Waals surface area contributed by atoms with Gasteiger partial charge in [0.2, 0.25) is 0 Å². The van der Waals surface area contributed by atoms with Crippen molar-refractivity contribution in [1.82, 2.24) is 4.90 Å². The molecule has 3 rings (SSSR count). The van der Waals surface area contributed by atoms with Crippen LogP contribution in [0.5, 0.6) is 0 Å². The second-order valence-electron chi connectivity index (χ2n) is 9.01. The summed E-state index contributed by atoms with van der Waals surface area (Å²) in [6, 6.07) is 7.68. The van der Waals surface area contributed by atoms with Crippen LogP contribution < -0.4 is 0 Å². The van der Waals surface area contributed by atoms with E-state index in [1.165, 1.54) is 12.1 Å². The molecule has 0 saturated heterocycles. The van der Waals surface area contributed by atoms with Crippen molar-refractivity contribution >= 4 is 21.5 Å². The summed E-state index contributed by atoms with van der Waals surface area (Å²) in [5.74, 6) is 0. The number of fused-ring (bicyclic) bond motifs is 3. The standard InChI is InChI=1S/C27H31F6NO/c1-3-5-12-34(13-6-4-2)14-11-25(35)24-15-18-7-8-19(26(28,29)30)16-22(18)23-17-20(27(31,32)33)9-10-21(23)24/h7-10,15-17,25,35H,3-6,11-14H2,1-2H3/t25-/m0/s1. The van der Waals surface area contributed by atoms with Crippen LogP contribution in [-0.2, 0) is 12.4 Å². The van der Waals surface area contributed by atoms with Gasteiger partial charge in [0.25, 0.3) is 0 Å². The van der Waals surface area contributed by atoms with E-state index < -0.39 is 29.6 Å². The number of hydrogen-bond donors (Lipinski definition) is 1. The van der Waals surface area contributed by atoms with E-state index in [4.69, 9.17) is 0 Å². The Balaban J connectivity index is 2.05. The number of nitrogens with zero attached hydrogens (tertiary/aromatic N) is 1. The Morgan fingerprint density at radius 3 is 1.80 bits per heavy atom. The Labute approximate surface area is 201 Å². The summed E-state index contributed by atoms with van der Waals surface area (Å²) >= 11 is 0. The normalized spacial score (nSPS) is 13.8. The molecule has 1 atom stereocenters. The molecule has 0 aliphatic carbocycles.